The quantitative estimate of drug-likeness (QED) is 0.788. The van der Waals surface area contributed by atoms with Crippen molar-refractivity contribution in [3.8, 4) is 11.5 Å². The third-order valence-corrected chi connectivity index (χ3v) is 2.71. The van der Waals surface area contributed by atoms with Crippen molar-refractivity contribution in [2.24, 2.45) is 0 Å². The number of hydrogen-bond donors (Lipinski definition) is 1. The lowest BCUT2D eigenvalue weighted by Gasteiger charge is -2.07. The Labute approximate surface area is 113 Å². The van der Waals surface area contributed by atoms with Crippen LogP contribution in [0.3, 0.4) is 0 Å². The minimum absolute atomic E-state index is 0.294. The average Bonchev–Trinajstić information content (AvgIpc) is 2.41. The minimum atomic E-state index is -0.294. The van der Waals surface area contributed by atoms with Gasteiger partial charge in [-0.15, -0.1) is 0 Å². The van der Waals surface area contributed by atoms with Gasteiger partial charge in [-0.3, -0.25) is 0 Å². The molecule has 0 amide bonds. The molecule has 2 aromatic rings. The van der Waals surface area contributed by atoms with Gasteiger partial charge in [0.2, 0.25) is 0 Å². The highest BCUT2D eigenvalue weighted by molar-refractivity contribution is 5.33. The van der Waals surface area contributed by atoms with E-state index in [9.17, 15) is 4.39 Å². The van der Waals surface area contributed by atoms with Crippen LogP contribution in [0.5, 0.6) is 11.5 Å². The minimum Gasteiger partial charge on any atom is -0.457 e. The molecule has 0 radical (unpaired) electrons. The van der Waals surface area contributed by atoms with Gasteiger partial charge < -0.3 is 10.1 Å². The summed E-state index contributed by atoms with van der Waals surface area (Å²) in [4.78, 5) is 0. The van der Waals surface area contributed by atoms with Crippen LogP contribution in [-0.2, 0) is 6.54 Å². The van der Waals surface area contributed by atoms with Crippen molar-refractivity contribution in [2.45, 2.75) is 19.9 Å². The summed E-state index contributed by atoms with van der Waals surface area (Å²) >= 11 is 0. The van der Waals surface area contributed by atoms with Gasteiger partial charge in [-0.05, 0) is 42.8 Å². The number of rotatable bonds is 6. The van der Waals surface area contributed by atoms with E-state index in [1.807, 2.05) is 24.3 Å². The zero-order valence-electron chi connectivity index (χ0n) is 11.0. The van der Waals surface area contributed by atoms with Gasteiger partial charge in [-0.2, -0.15) is 0 Å². The summed E-state index contributed by atoms with van der Waals surface area (Å²) in [5, 5.41) is 3.34. The molecule has 0 fully saturated rings. The maximum atomic E-state index is 13.0. The van der Waals surface area contributed by atoms with Crippen LogP contribution in [-0.4, -0.2) is 6.54 Å². The summed E-state index contributed by atoms with van der Waals surface area (Å²) < 4.78 is 18.6. The second kappa shape index (κ2) is 6.90. The largest absolute Gasteiger partial charge is 0.457 e. The van der Waals surface area contributed by atoms with E-state index in [1.165, 1.54) is 17.7 Å². The molecule has 0 atom stereocenters. The first-order chi connectivity index (χ1) is 9.28. The zero-order chi connectivity index (χ0) is 13.5. The summed E-state index contributed by atoms with van der Waals surface area (Å²) in [6.45, 7) is 4.01. The van der Waals surface area contributed by atoms with Gasteiger partial charge >= 0.3 is 0 Å². The second-order valence-corrected chi connectivity index (χ2v) is 4.38. The van der Waals surface area contributed by atoms with Gasteiger partial charge in [0.15, 0.2) is 0 Å². The molecule has 0 bridgehead atoms. The standard InChI is InChI=1S/C16H18FNO/c1-2-10-18-12-13-6-8-15(9-7-13)19-16-5-3-4-14(17)11-16/h3-9,11,18H,2,10,12H2,1H3. The van der Waals surface area contributed by atoms with E-state index in [1.54, 1.807) is 12.1 Å². The van der Waals surface area contributed by atoms with E-state index >= 15 is 0 Å². The summed E-state index contributed by atoms with van der Waals surface area (Å²) in [7, 11) is 0. The summed E-state index contributed by atoms with van der Waals surface area (Å²) in [5.41, 5.74) is 1.21. The van der Waals surface area contributed by atoms with Crippen LogP contribution >= 0.6 is 0 Å². The first-order valence-electron chi connectivity index (χ1n) is 6.51. The molecule has 2 nitrogen and oxygen atoms in total. The maximum absolute atomic E-state index is 13.0. The number of hydrogen-bond acceptors (Lipinski definition) is 2. The molecule has 0 saturated heterocycles. The zero-order valence-corrected chi connectivity index (χ0v) is 11.0. The summed E-state index contributed by atoms with van der Waals surface area (Å²) in [6.07, 6.45) is 1.13. The molecular weight excluding hydrogens is 241 g/mol. The van der Waals surface area contributed by atoms with Crippen LogP contribution in [0.25, 0.3) is 0 Å². The fourth-order valence-electron chi connectivity index (χ4n) is 1.75. The Morgan fingerprint density at radius 2 is 1.84 bits per heavy atom. The van der Waals surface area contributed by atoms with E-state index in [0.717, 1.165) is 19.5 Å². The van der Waals surface area contributed by atoms with Gasteiger partial charge in [0.1, 0.15) is 17.3 Å². The predicted molar refractivity (Wildman–Crippen MR) is 74.9 cm³/mol. The smallest absolute Gasteiger partial charge is 0.130 e. The lowest BCUT2D eigenvalue weighted by molar-refractivity contribution is 0.476. The normalized spacial score (nSPS) is 10.4. The Morgan fingerprint density at radius 1 is 1.05 bits per heavy atom. The number of halogens is 1. The SMILES string of the molecule is CCCNCc1ccc(Oc2cccc(F)c2)cc1. The van der Waals surface area contributed by atoms with E-state index in [4.69, 9.17) is 4.74 Å². The molecule has 3 heteroatoms. The fraction of sp³-hybridized carbons (Fsp3) is 0.250. The van der Waals surface area contributed by atoms with Crippen LogP contribution in [0.2, 0.25) is 0 Å². The Bertz CT molecular complexity index is 510. The molecule has 100 valence electrons. The first kappa shape index (κ1) is 13.6. The average molecular weight is 259 g/mol. The molecule has 0 aliphatic heterocycles. The highest BCUT2D eigenvalue weighted by Crippen LogP contribution is 2.22. The maximum Gasteiger partial charge on any atom is 0.130 e. The Kier molecular flexibility index (Phi) is 4.93. The molecule has 0 saturated carbocycles. The topological polar surface area (TPSA) is 21.3 Å². The predicted octanol–water partition coefficient (Wildman–Crippen LogP) is 4.12. The lowest BCUT2D eigenvalue weighted by atomic mass is 10.2. The van der Waals surface area contributed by atoms with Crippen LogP contribution in [0.4, 0.5) is 4.39 Å². The van der Waals surface area contributed by atoms with Crippen LogP contribution < -0.4 is 10.1 Å². The van der Waals surface area contributed by atoms with Crippen LogP contribution in [0, 0.1) is 5.82 Å². The molecule has 2 rings (SSSR count). The molecule has 0 heterocycles. The van der Waals surface area contributed by atoms with Gasteiger partial charge in [0.25, 0.3) is 0 Å². The number of benzene rings is 2. The summed E-state index contributed by atoms with van der Waals surface area (Å²) in [6, 6.07) is 14.0. The van der Waals surface area contributed by atoms with Crippen molar-refractivity contribution in [2.75, 3.05) is 6.54 Å². The molecular formula is C16H18FNO. The molecule has 0 aliphatic carbocycles. The van der Waals surface area contributed by atoms with Crippen molar-refractivity contribution >= 4 is 0 Å². The van der Waals surface area contributed by atoms with Crippen molar-refractivity contribution in [3.63, 3.8) is 0 Å². The number of nitrogens with one attached hydrogen (secondary N) is 1. The van der Waals surface area contributed by atoms with Crippen molar-refractivity contribution in [3.05, 3.63) is 59.9 Å². The molecule has 0 unspecified atom stereocenters. The van der Waals surface area contributed by atoms with Crippen molar-refractivity contribution in [1.29, 1.82) is 0 Å². The van der Waals surface area contributed by atoms with Crippen molar-refractivity contribution in [1.82, 2.24) is 5.32 Å². The van der Waals surface area contributed by atoms with Gasteiger partial charge in [-0.25, -0.2) is 4.39 Å². The Hall–Kier alpha value is -1.87. The van der Waals surface area contributed by atoms with Gasteiger partial charge in [0, 0.05) is 12.6 Å². The van der Waals surface area contributed by atoms with E-state index in [0.29, 0.717) is 11.5 Å². The molecule has 0 aliphatic rings. The van der Waals surface area contributed by atoms with Crippen LogP contribution in [0.1, 0.15) is 18.9 Å². The molecule has 0 aromatic heterocycles. The molecule has 1 N–H and O–H groups in total. The first-order valence-corrected chi connectivity index (χ1v) is 6.51. The third-order valence-electron chi connectivity index (χ3n) is 2.71. The van der Waals surface area contributed by atoms with E-state index < -0.39 is 0 Å². The monoisotopic (exact) mass is 259 g/mol. The van der Waals surface area contributed by atoms with E-state index in [-0.39, 0.29) is 5.82 Å². The van der Waals surface area contributed by atoms with E-state index in [2.05, 4.69) is 12.2 Å². The van der Waals surface area contributed by atoms with Crippen LogP contribution in [0.15, 0.2) is 48.5 Å². The molecule has 19 heavy (non-hydrogen) atoms. The number of ether oxygens (including phenoxy) is 1. The van der Waals surface area contributed by atoms with Gasteiger partial charge in [-0.1, -0.05) is 25.1 Å². The molecule has 2 aromatic carbocycles. The Balaban J connectivity index is 1.95. The Morgan fingerprint density at radius 3 is 2.53 bits per heavy atom. The molecule has 0 spiro atoms. The fourth-order valence-corrected chi connectivity index (χ4v) is 1.75. The highest BCUT2D eigenvalue weighted by atomic mass is 19.1. The third kappa shape index (κ3) is 4.38. The highest BCUT2D eigenvalue weighted by Gasteiger charge is 1.99. The van der Waals surface area contributed by atoms with Crippen molar-refractivity contribution < 1.29 is 9.13 Å². The lowest BCUT2D eigenvalue weighted by Crippen LogP contribution is -2.13. The second-order valence-electron chi connectivity index (χ2n) is 4.38. The van der Waals surface area contributed by atoms with Gasteiger partial charge in [0.05, 0.1) is 0 Å². The summed E-state index contributed by atoms with van der Waals surface area (Å²) in [5.74, 6) is 0.930.